The summed E-state index contributed by atoms with van der Waals surface area (Å²) in [5, 5.41) is 0. The summed E-state index contributed by atoms with van der Waals surface area (Å²) in [6, 6.07) is 8.71. The van der Waals surface area contributed by atoms with E-state index >= 15 is 0 Å². The zero-order chi connectivity index (χ0) is 11.6. The van der Waals surface area contributed by atoms with E-state index < -0.39 is 0 Å². The Kier molecular flexibility index (Phi) is 3.31. The molecule has 0 amide bonds. The van der Waals surface area contributed by atoms with Crippen molar-refractivity contribution in [3.05, 3.63) is 35.4 Å². The molecule has 0 saturated carbocycles. The summed E-state index contributed by atoms with van der Waals surface area (Å²) in [5.74, 6) is 0.559. The lowest BCUT2D eigenvalue weighted by atomic mass is 9.82. The van der Waals surface area contributed by atoms with Crippen LogP contribution >= 0.6 is 0 Å². The van der Waals surface area contributed by atoms with Gasteiger partial charge in [-0.1, -0.05) is 38.1 Å². The molecule has 2 rings (SSSR count). The van der Waals surface area contributed by atoms with Crippen molar-refractivity contribution in [1.29, 1.82) is 0 Å². The molecule has 2 N–H and O–H groups in total. The lowest BCUT2D eigenvalue weighted by molar-refractivity contribution is 0.0522. The first-order chi connectivity index (χ1) is 7.62. The largest absolute Gasteiger partial charge is 0.381 e. The number of ether oxygens (including phenoxy) is 1. The molecule has 1 aromatic rings. The molecule has 1 aliphatic rings. The lowest BCUT2D eigenvalue weighted by Crippen LogP contribution is -2.42. The predicted molar refractivity (Wildman–Crippen MR) is 66.4 cm³/mol. The van der Waals surface area contributed by atoms with Crippen LogP contribution in [0.1, 0.15) is 43.7 Å². The molecule has 88 valence electrons. The van der Waals surface area contributed by atoms with Crippen molar-refractivity contribution >= 4 is 0 Å². The van der Waals surface area contributed by atoms with E-state index in [0.29, 0.717) is 5.92 Å². The fourth-order valence-corrected chi connectivity index (χ4v) is 2.23. The number of hydrogen-bond donors (Lipinski definition) is 1. The van der Waals surface area contributed by atoms with Gasteiger partial charge in [0.05, 0.1) is 0 Å². The van der Waals surface area contributed by atoms with Gasteiger partial charge >= 0.3 is 0 Å². The predicted octanol–water partition coefficient (Wildman–Crippen LogP) is 2.77. The van der Waals surface area contributed by atoms with E-state index in [-0.39, 0.29) is 5.54 Å². The molecule has 1 fully saturated rings. The summed E-state index contributed by atoms with van der Waals surface area (Å²) in [6.07, 6.45) is 1.85. The fraction of sp³-hybridized carbons (Fsp3) is 0.571. The van der Waals surface area contributed by atoms with E-state index in [2.05, 4.69) is 38.1 Å². The van der Waals surface area contributed by atoms with E-state index in [9.17, 15) is 0 Å². The smallest absolute Gasteiger partial charge is 0.0486 e. The molecule has 16 heavy (non-hydrogen) atoms. The Balaban J connectivity index is 2.28. The average Bonchev–Trinajstić information content (AvgIpc) is 2.30. The van der Waals surface area contributed by atoms with Gasteiger partial charge in [-0.15, -0.1) is 0 Å². The van der Waals surface area contributed by atoms with Gasteiger partial charge in [0, 0.05) is 18.8 Å². The van der Waals surface area contributed by atoms with Gasteiger partial charge in [-0.2, -0.15) is 0 Å². The standard InChI is InChI=1S/C14H21NO/c1-11(2)12-4-3-5-13(10-12)14(15)6-8-16-9-7-14/h3-5,10-11H,6-9,15H2,1-2H3. The summed E-state index contributed by atoms with van der Waals surface area (Å²) >= 11 is 0. The molecular weight excluding hydrogens is 198 g/mol. The quantitative estimate of drug-likeness (QED) is 0.830. The molecule has 0 unspecified atom stereocenters. The van der Waals surface area contributed by atoms with E-state index in [4.69, 9.17) is 10.5 Å². The zero-order valence-electron chi connectivity index (χ0n) is 10.2. The topological polar surface area (TPSA) is 35.2 Å². The number of benzene rings is 1. The van der Waals surface area contributed by atoms with Gasteiger partial charge in [-0.05, 0) is 29.9 Å². The number of rotatable bonds is 2. The summed E-state index contributed by atoms with van der Waals surface area (Å²) in [7, 11) is 0. The first kappa shape index (κ1) is 11.6. The minimum Gasteiger partial charge on any atom is -0.381 e. The number of nitrogens with two attached hydrogens (primary N) is 1. The summed E-state index contributed by atoms with van der Waals surface area (Å²) in [5.41, 5.74) is 8.93. The van der Waals surface area contributed by atoms with Crippen LogP contribution in [0.2, 0.25) is 0 Å². The third-order valence-electron chi connectivity index (χ3n) is 3.51. The molecule has 0 atom stereocenters. The van der Waals surface area contributed by atoms with Gasteiger partial charge in [0.1, 0.15) is 0 Å². The molecular formula is C14H21NO. The molecule has 0 bridgehead atoms. The first-order valence-corrected chi connectivity index (χ1v) is 6.09. The van der Waals surface area contributed by atoms with E-state index in [1.54, 1.807) is 0 Å². The second-order valence-corrected chi connectivity index (χ2v) is 5.05. The van der Waals surface area contributed by atoms with Crippen molar-refractivity contribution in [3.8, 4) is 0 Å². The fourth-order valence-electron chi connectivity index (χ4n) is 2.23. The van der Waals surface area contributed by atoms with Crippen molar-refractivity contribution in [1.82, 2.24) is 0 Å². The maximum absolute atomic E-state index is 6.47. The maximum Gasteiger partial charge on any atom is 0.0486 e. The Labute approximate surface area is 97.8 Å². The maximum atomic E-state index is 6.47. The Hall–Kier alpha value is -0.860. The Bertz CT molecular complexity index is 354. The molecule has 2 heteroatoms. The van der Waals surface area contributed by atoms with Gasteiger partial charge in [0.15, 0.2) is 0 Å². The minimum atomic E-state index is -0.177. The van der Waals surface area contributed by atoms with E-state index in [1.165, 1.54) is 11.1 Å². The highest BCUT2D eigenvalue weighted by Crippen LogP contribution is 2.30. The van der Waals surface area contributed by atoms with Crippen LogP contribution < -0.4 is 5.73 Å². The third kappa shape index (κ3) is 2.28. The van der Waals surface area contributed by atoms with E-state index in [1.807, 2.05) is 0 Å². The average molecular weight is 219 g/mol. The molecule has 1 aromatic carbocycles. The van der Waals surface area contributed by atoms with Crippen molar-refractivity contribution in [2.75, 3.05) is 13.2 Å². The SMILES string of the molecule is CC(C)c1cccc(C2(N)CCOCC2)c1. The van der Waals surface area contributed by atoms with Gasteiger partial charge in [0.25, 0.3) is 0 Å². The Morgan fingerprint density at radius 3 is 2.56 bits per heavy atom. The number of hydrogen-bond acceptors (Lipinski definition) is 2. The van der Waals surface area contributed by atoms with Gasteiger partial charge in [-0.25, -0.2) is 0 Å². The highest BCUT2D eigenvalue weighted by atomic mass is 16.5. The molecule has 0 radical (unpaired) electrons. The molecule has 1 saturated heterocycles. The first-order valence-electron chi connectivity index (χ1n) is 6.09. The Morgan fingerprint density at radius 2 is 1.94 bits per heavy atom. The molecule has 2 nitrogen and oxygen atoms in total. The van der Waals surface area contributed by atoms with Gasteiger partial charge in [0.2, 0.25) is 0 Å². The van der Waals surface area contributed by atoms with Crippen molar-refractivity contribution in [2.45, 2.75) is 38.1 Å². The highest BCUT2D eigenvalue weighted by Gasteiger charge is 2.29. The normalized spacial score (nSPS) is 20.0. The van der Waals surface area contributed by atoms with Crippen LogP contribution in [0.5, 0.6) is 0 Å². The van der Waals surface area contributed by atoms with Crippen LogP contribution in [-0.2, 0) is 10.3 Å². The Morgan fingerprint density at radius 1 is 1.25 bits per heavy atom. The molecule has 1 aliphatic heterocycles. The zero-order valence-corrected chi connectivity index (χ0v) is 10.2. The van der Waals surface area contributed by atoms with Crippen LogP contribution in [0.25, 0.3) is 0 Å². The highest BCUT2D eigenvalue weighted by molar-refractivity contribution is 5.31. The summed E-state index contributed by atoms with van der Waals surface area (Å²) in [6.45, 7) is 5.99. The van der Waals surface area contributed by atoms with Gasteiger partial charge in [-0.3, -0.25) is 0 Å². The molecule has 0 aliphatic carbocycles. The molecule has 1 heterocycles. The van der Waals surface area contributed by atoms with Crippen LogP contribution in [-0.4, -0.2) is 13.2 Å². The van der Waals surface area contributed by atoms with Crippen molar-refractivity contribution < 1.29 is 4.74 Å². The van der Waals surface area contributed by atoms with Crippen LogP contribution in [0.3, 0.4) is 0 Å². The van der Waals surface area contributed by atoms with Gasteiger partial charge < -0.3 is 10.5 Å². The molecule has 0 spiro atoms. The minimum absolute atomic E-state index is 0.177. The van der Waals surface area contributed by atoms with Crippen LogP contribution in [0.4, 0.5) is 0 Å². The van der Waals surface area contributed by atoms with Crippen molar-refractivity contribution in [3.63, 3.8) is 0 Å². The molecule has 0 aromatic heterocycles. The second-order valence-electron chi connectivity index (χ2n) is 5.05. The summed E-state index contributed by atoms with van der Waals surface area (Å²) in [4.78, 5) is 0. The van der Waals surface area contributed by atoms with E-state index in [0.717, 1.165) is 26.1 Å². The van der Waals surface area contributed by atoms with Crippen LogP contribution in [0.15, 0.2) is 24.3 Å². The summed E-state index contributed by atoms with van der Waals surface area (Å²) < 4.78 is 5.38. The third-order valence-corrected chi connectivity index (χ3v) is 3.51. The second kappa shape index (κ2) is 4.56. The monoisotopic (exact) mass is 219 g/mol. The lowest BCUT2D eigenvalue weighted by Gasteiger charge is -2.34. The van der Waals surface area contributed by atoms with Crippen molar-refractivity contribution in [2.24, 2.45) is 5.73 Å². The van der Waals surface area contributed by atoms with Crippen LogP contribution in [0, 0.1) is 0 Å².